The Morgan fingerprint density at radius 2 is 1.83 bits per heavy atom. The second-order valence-corrected chi connectivity index (χ2v) is 6.26. The van der Waals surface area contributed by atoms with Crippen molar-refractivity contribution in [2.75, 3.05) is 10.6 Å². The van der Waals surface area contributed by atoms with E-state index in [9.17, 15) is 0 Å². The zero-order valence-electron chi connectivity index (χ0n) is 13.0. The lowest BCUT2D eigenvalue weighted by Crippen LogP contribution is -2.01. The van der Waals surface area contributed by atoms with Crippen molar-refractivity contribution < 1.29 is 0 Å². The fraction of sp³-hybridized carbons (Fsp3) is 0.111. The maximum atomic E-state index is 4.51. The molecule has 116 valence electrons. The van der Waals surface area contributed by atoms with Crippen LogP contribution in [0.25, 0.3) is 0 Å². The van der Waals surface area contributed by atoms with Crippen molar-refractivity contribution in [3.05, 3.63) is 70.3 Å². The van der Waals surface area contributed by atoms with Gasteiger partial charge in [-0.1, -0.05) is 39.7 Å². The standard InChI is InChI=1S/C18H17BrN4/c1-12-6-7-16(13(2)10-12)22-17-8-9-20-18(23-17)21-15-5-3-4-14(19)11-15/h3-11H,1-2H3,(H2,20,21,22,23). The van der Waals surface area contributed by atoms with Crippen molar-refractivity contribution in [3.8, 4) is 0 Å². The first-order valence-corrected chi connectivity index (χ1v) is 8.09. The molecule has 2 N–H and O–H groups in total. The molecule has 23 heavy (non-hydrogen) atoms. The summed E-state index contributed by atoms with van der Waals surface area (Å²) in [6, 6.07) is 16.0. The number of aryl methyl sites for hydroxylation is 2. The largest absolute Gasteiger partial charge is 0.340 e. The Balaban J connectivity index is 1.79. The summed E-state index contributed by atoms with van der Waals surface area (Å²) in [5, 5.41) is 6.54. The molecular formula is C18H17BrN4. The van der Waals surface area contributed by atoms with Crippen LogP contribution in [0.4, 0.5) is 23.1 Å². The Morgan fingerprint density at radius 3 is 2.61 bits per heavy atom. The highest BCUT2D eigenvalue weighted by molar-refractivity contribution is 9.10. The second kappa shape index (κ2) is 6.79. The molecular weight excluding hydrogens is 352 g/mol. The summed E-state index contributed by atoms with van der Waals surface area (Å²) in [5.74, 6) is 1.31. The maximum absolute atomic E-state index is 4.51. The lowest BCUT2D eigenvalue weighted by Gasteiger charge is -2.11. The topological polar surface area (TPSA) is 49.8 Å². The van der Waals surface area contributed by atoms with E-state index >= 15 is 0 Å². The van der Waals surface area contributed by atoms with E-state index in [1.54, 1.807) is 6.20 Å². The van der Waals surface area contributed by atoms with Crippen LogP contribution in [0.3, 0.4) is 0 Å². The molecule has 0 spiro atoms. The van der Waals surface area contributed by atoms with Crippen molar-refractivity contribution in [1.29, 1.82) is 0 Å². The third-order valence-electron chi connectivity index (χ3n) is 3.38. The monoisotopic (exact) mass is 368 g/mol. The summed E-state index contributed by atoms with van der Waals surface area (Å²) in [7, 11) is 0. The molecule has 0 saturated heterocycles. The zero-order chi connectivity index (χ0) is 16.2. The number of rotatable bonds is 4. The lowest BCUT2D eigenvalue weighted by molar-refractivity contribution is 1.16. The first-order chi connectivity index (χ1) is 11.1. The Hall–Kier alpha value is -2.40. The average molecular weight is 369 g/mol. The molecule has 0 radical (unpaired) electrons. The summed E-state index contributed by atoms with van der Waals surface area (Å²) in [4.78, 5) is 8.77. The number of hydrogen-bond donors (Lipinski definition) is 2. The number of nitrogens with zero attached hydrogens (tertiary/aromatic N) is 2. The Labute approximate surface area is 144 Å². The van der Waals surface area contributed by atoms with Crippen molar-refractivity contribution in [2.45, 2.75) is 13.8 Å². The fourth-order valence-electron chi connectivity index (χ4n) is 2.28. The van der Waals surface area contributed by atoms with Crippen molar-refractivity contribution >= 4 is 39.1 Å². The van der Waals surface area contributed by atoms with E-state index in [4.69, 9.17) is 0 Å². The minimum atomic E-state index is 0.554. The molecule has 2 aromatic carbocycles. The highest BCUT2D eigenvalue weighted by Gasteiger charge is 2.03. The van der Waals surface area contributed by atoms with Crippen molar-refractivity contribution in [3.63, 3.8) is 0 Å². The molecule has 0 atom stereocenters. The van der Waals surface area contributed by atoms with E-state index in [-0.39, 0.29) is 0 Å². The molecule has 0 aliphatic heterocycles. The summed E-state index contributed by atoms with van der Waals surface area (Å²) >= 11 is 3.45. The van der Waals surface area contributed by atoms with Crippen LogP contribution in [0, 0.1) is 13.8 Å². The predicted molar refractivity (Wildman–Crippen MR) is 98.7 cm³/mol. The highest BCUT2D eigenvalue weighted by atomic mass is 79.9. The molecule has 0 unspecified atom stereocenters. The van der Waals surface area contributed by atoms with Gasteiger partial charge in [0.05, 0.1) is 0 Å². The minimum Gasteiger partial charge on any atom is -0.340 e. The van der Waals surface area contributed by atoms with Crippen LogP contribution in [0.5, 0.6) is 0 Å². The number of anilines is 4. The molecule has 3 rings (SSSR count). The minimum absolute atomic E-state index is 0.554. The van der Waals surface area contributed by atoms with Crippen LogP contribution >= 0.6 is 15.9 Å². The predicted octanol–water partition coefficient (Wildman–Crippen LogP) is 5.34. The van der Waals surface area contributed by atoms with Gasteiger partial charge in [-0.15, -0.1) is 0 Å². The van der Waals surface area contributed by atoms with Crippen molar-refractivity contribution in [1.82, 2.24) is 9.97 Å². The summed E-state index contributed by atoms with van der Waals surface area (Å²) in [6.45, 7) is 4.17. The quantitative estimate of drug-likeness (QED) is 0.652. The maximum Gasteiger partial charge on any atom is 0.229 e. The van der Waals surface area contributed by atoms with Crippen LogP contribution in [-0.4, -0.2) is 9.97 Å². The van der Waals surface area contributed by atoms with Crippen LogP contribution in [0.1, 0.15) is 11.1 Å². The van der Waals surface area contributed by atoms with Gasteiger partial charge >= 0.3 is 0 Å². The van der Waals surface area contributed by atoms with E-state index < -0.39 is 0 Å². The molecule has 0 amide bonds. The fourth-order valence-corrected chi connectivity index (χ4v) is 2.67. The molecule has 0 bridgehead atoms. The first kappa shape index (κ1) is 15.5. The Morgan fingerprint density at radius 1 is 0.957 bits per heavy atom. The average Bonchev–Trinajstić information content (AvgIpc) is 2.51. The van der Waals surface area contributed by atoms with Gasteiger partial charge in [0.1, 0.15) is 5.82 Å². The van der Waals surface area contributed by atoms with Gasteiger partial charge in [0.15, 0.2) is 0 Å². The van der Waals surface area contributed by atoms with E-state index in [1.807, 2.05) is 30.3 Å². The number of nitrogens with one attached hydrogen (secondary N) is 2. The third-order valence-corrected chi connectivity index (χ3v) is 3.87. The Bertz CT molecular complexity index is 833. The summed E-state index contributed by atoms with van der Waals surface area (Å²) in [6.07, 6.45) is 1.74. The van der Waals surface area contributed by atoms with Gasteiger partial charge in [0.2, 0.25) is 5.95 Å². The van der Waals surface area contributed by atoms with E-state index in [2.05, 4.69) is 68.6 Å². The van der Waals surface area contributed by atoms with Crippen molar-refractivity contribution in [2.24, 2.45) is 0 Å². The zero-order valence-corrected chi connectivity index (χ0v) is 14.6. The van der Waals surface area contributed by atoms with Gasteiger partial charge in [0.25, 0.3) is 0 Å². The number of benzene rings is 2. The number of aromatic nitrogens is 2. The molecule has 5 heteroatoms. The molecule has 1 heterocycles. The molecule has 0 fully saturated rings. The van der Waals surface area contributed by atoms with Gasteiger partial charge in [-0.25, -0.2) is 4.98 Å². The highest BCUT2D eigenvalue weighted by Crippen LogP contribution is 2.22. The molecule has 4 nitrogen and oxygen atoms in total. The molecule has 3 aromatic rings. The van der Waals surface area contributed by atoms with Gasteiger partial charge in [-0.2, -0.15) is 4.98 Å². The smallest absolute Gasteiger partial charge is 0.229 e. The van der Waals surface area contributed by atoms with Gasteiger partial charge < -0.3 is 10.6 Å². The summed E-state index contributed by atoms with van der Waals surface area (Å²) < 4.78 is 1.01. The van der Waals surface area contributed by atoms with E-state index in [0.717, 1.165) is 21.7 Å². The van der Waals surface area contributed by atoms with E-state index in [0.29, 0.717) is 5.95 Å². The third kappa shape index (κ3) is 4.07. The Kier molecular flexibility index (Phi) is 4.57. The van der Waals surface area contributed by atoms with Gasteiger partial charge in [-0.3, -0.25) is 0 Å². The van der Waals surface area contributed by atoms with Crippen LogP contribution < -0.4 is 10.6 Å². The van der Waals surface area contributed by atoms with Crippen LogP contribution in [0.15, 0.2) is 59.2 Å². The second-order valence-electron chi connectivity index (χ2n) is 5.34. The van der Waals surface area contributed by atoms with E-state index in [1.165, 1.54) is 11.1 Å². The number of halogens is 1. The molecule has 0 aliphatic rings. The SMILES string of the molecule is Cc1ccc(Nc2ccnc(Nc3cccc(Br)c3)n2)c(C)c1. The molecule has 0 saturated carbocycles. The lowest BCUT2D eigenvalue weighted by atomic mass is 10.1. The first-order valence-electron chi connectivity index (χ1n) is 7.30. The van der Waals surface area contributed by atoms with Crippen LogP contribution in [-0.2, 0) is 0 Å². The van der Waals surface area contributed by atoms with Gasteiger partial charge in [0, 0.05) is 22.0 Å². The summed E-state index contributed by atoms with van der Waals surface area (Å²) in [5.41, 5.74) is 4.41. The molecule has 0 aliphatic carbocycles. The van der Waals surface area contributed by atoms with Gasteiger partial charge in [-0.05, 0) is 49.7 Å². The number of hydrogen-bond acceptors (Lipinski definition) is 4. The normalized spacial score (nSPS) is 10.4. The molecule has 1 aromatic heterocycles. The van der Waals surface area contributed by atoms with Crippen LogP contribution in [0.2, 0.25) is 0 Å².